The van der Waals surface area contributed by atoms with Gasteiger partial charge in [-0.25, -0.2) is 27.2 Å². The van der Waals surface area contributed by atoms with Gasteiger partial charge in [0.1, 0.15) is 22.5 Å². The van der Waals surface area contributed by atoms with E-state index in [1.165, 1.54) is 12.1 Å². The Labute approximate surface area is 248 Å². The highest BCUT2D eigenvalue weighted by atomic mass is 35.5. The first kappa shape index (κ1) is 30.3. The number of benzene rings is 3. The van der Waals surface area contributed by atoms with Gasteiger partial charge in [0, 0.05) is 36.1 Å². The summed E-state index contributed by atoms with van der Waals surface area (Å²) in [5.41, 5.74) is 1.42. The number of rotatable bonds is 8. The van der Waals surface area contributed by atoms with E-state index in [4.69, 9.17) is 16.0 Å². The van der Waals surface area contributed by atoms with Crippen molar-refractivity contribution in [2.24, 2.45) is 0 Å². The zero-order valence-corrected chi connectivity index (χ0v) is 24.3. The number of nitrogens with zero attached hydrogens (tertiary/aromatic N) is 3. The molecule has 0 atom stereocenters. The number of hydrogen-bond acceptors (Lipinski definition) is 7. The van der Waals surface area contributed by atoms with E-state index in [1.807, 2.05) is 0 Å². The Hall–Kier alpha value is -4.20. The largest absolute Gasteiger partial charge is 0.440 e. The van der Waals surface area contributed by atoms with Crippen molar-refractivity contribution in [3.05, 3.63) is 88.8 Å². The molecule has 5 aromatic rings. The van der Waals surface area contributed by atoms with Crippen LogP contribution in [0, 0.1) is 25.5 Å². The molecule has 0 radical (unpaired) electrons. The van der Waals surface area contributed by atoms with E-state index in [9.17, 15) is 26.7 Å². The summed E-state index contributed by atoms with van der Waals surface area (Å²) in [4.78, 5) is 8.36. The first-order valence-electron chi connectivity index (χ1n) is 12.5. The fourth-order valence-corrected chi connectivity index (χ4v) is 5.87. The third kappa shape index (κ3) is 6.01. The van der Waals surface area contributed by atoms with Crippen LogP contribution in [0.15, 0.2) is 64.0 Å². The molecule has 1 N–H and O–H groups in total. The summed E-state index contributed by atoms with van der Waals surface area (Å²) >= 11 is 6.15. The molecule has 0 bridgehead atoms. The van der Waals surface area contributed by atoms with Crippen LogP contribution in [0.5, 0.6) is 5.75 Å². The monoisotopic (exact) mass is 635 g/mol. The molecule has 0 aliphatic heterocycles. The second-order valence-corrected chi connectivity index (χ2v) is 11.9. The number of aliphatic hydroxyl groups is 1. The Morgan fingerprint density at radius 1 is 1.00 bits per heavy atom. The van der Waals surface area contributed by atoms with Crippen molar-refractivity contribution < 1.29 is 40.2 Å². The minimum Gasteiger partial charge on any atom is -0.440 e. The van der Waals surface area contributed by atoms with E-state index < -0.39 is 40.4 Å². The maximum absolute atomic E-state index is 15.0. The van der Waals surface area contributed by atoms with Gasteiger partial charge in [-0.15, -0.1) is 0 Å². The van der Waals surface area contributed by atoms with Crippen molar-refractivity contribution in [1.29, 1.82) is 0 Å². The Morgan fingerprint density at radius 3 is 2.30 bits per heavy atom. The molecule has 8 nitrogen and oxygen atoms in total. The number of imidazole rings is 1. The molecular weight excluding hydrogens is 614 g/mol. The Morgan fingerprint density at radius 2 is 1.70 bits per heavy atom. The summed E-state index contributed by atoms with van der Waals surface area (Å²) in [6, 6.07) is 10.6. The van der Waals surface area contributed by atoms with Crippen LogP contribution in [0.4, 0.5) is 17.6 Å². The quantitative estimate of drug-likeness (QED) is 0.185. The molecule has 43 heavy (non-hydrogen) atoms. The fraction of sp³-hybridized carbons (Fsp3) is 0.172. The van der Waals surface area contributed by atoms with Crippen LogP contribution >= 0.6 is 11.6 Å². The lowest BCUT2D eigenvalue weighted by Crippen LogP contribution is -2.06. The minimum absolute atomic E-state index is 0.0842. The molecular formula is C29H22ClF4N3O5S. The molecule has 224 valence electrons. The van der Waals surface area contributed by atoms with E-state index in [-0.39, 0.29) is 44.1 Å². The van der Waals surface area contributed by atoms with Gasteiger partial charge in [-0.1, -0.05) is 17.7 Å². The van der Waals surface area contributed by atoms with Gasteiger partial charge in [0.25, 0.3) is 0 Å². The normalized spacial score (nSPS) is 11.9. The standard InChI is InChI=1S/C29H22ClF4N3O5S/c1-14-35-26(30)12-37(14)23-6-4-16(18-10-21(31)20(13-38)25(11-18)43(3,39)40)8-19(23)27-28(41-15(2)36-27)17-5-7-24(22(32)9-17)42-29(33)34/h4-12,29,38H,13H2,1-3H3. The summed E-state index contributed by atoms with van der Waals surface area (Å²) in [6.45, 7) is -0.782. The minimum atomic E-state index is -3.92. The van der Waals surface area contributed by atoms with Gasteiger partial charge in [0.15, 0.2) is 33.1 Å². The number of halogens is 5. The average Bonchev–Trinajstić information content (AvgIpc) is 3.48. The van der Waals surface area contributed by atoms with Crippen LogP contribution in [-0.4, -0.2) is 40.9 Å². The first-order valence-corrected chi connectivity index (χ1v) is 14.8. The van der Waals surface area contributed by atoms with E-state index in [0.29, 0.717) is 22.6 Å². The molecule has 0 unspecified atom stereocenters. The Bertz CT molecular complexity index is 1980. The van der Waals surface area contributed by atoms with Gasteiger partial charge in [-0.2, -0.15) is 8.78 Å². The highest BCUT2D eigenvalue weighted by Crippen LogP contribution is 2.40. The van der Waals surface area contributed by atoms with Crippen molar-refractivity contribution in [1.82, 2.24) is 14.5 Å². The summed E-state index contributed by atoms with van der Waals surface area (Å²) in [6.07, 6.45) is 2.46. The van der Waals surface area contributed by atoms with Gasteiger partial charge >= 0.3 is 6.61 Å². The van der Waals surface area contributed by atoms with Crippen LogP contribution in [0.1, 0.15) is 17.3 Å². The van der Waals surface area contributed by atoms with Crippen molar-refractivity contribution >= 4 is 21.4 Å². The molecule has 5 rings (SSSR count). The lowest BCUT2D eigenvalue weighted by molar-refractivity contribution is -0.0521. The summed E-state index contributed by atoms with van der Waals surface area (Å²) in [5.74, 6) is -1.86. The fourth-order valence-electron chi connectivity index (χ4n) is 4.70. The second kappa shape index (κ2) is 11.5. The second-order valence-electron chi connectivity index (χ2n) is 9.51. The Kier molecular flexibility index (Phi) is 8.07. The van der Waals surface area contributed by atoms with E-state index >= 15 is 4.39 Å². The van der Waals surface area contributed by atoms with Crippen molar-refractivity contribution in [3.63, 3.8) is 0 Å². The number of alkyl halides is 2. The van der Waals surface area contributed by atoms with E-state index in [1.54, 1.807) is 42.8 Å². The summed E-state index contributed by atoms with van der Waals surface area (Å²) < 4.78 is 91.6. The van der Waals surface area contributed by atoms with E-state index in [0.717, 1.165) is 24.5 Å². The smallest absolute Gasteiger partial charge is 0.387 e. The maximum atomic E-state index is 15.0. The number of hydrogen-bond donors (Lipinski definition) is 1. The summed E-state index contributed by atoms with van der Waals surface area (Å²) in [7, 11) is -3.92. The molecule has 0 saturated carbocycles. The predicted octanol–water partition coefficient (Wildman–Crippen LogP) is 6.91. The molecule has 2 heterocycles. The molecule has 0 amide bonds. The van der Waals surface area contributed by atoms with Crippen molar-refractivity contribution in [2.45, 2.75) is 32.0 Å². The van der Waals surface area contributed by atoms with E-state index in [2.05, 4.69) is 14.7 Å². The third-order valence-corrected chi connectivity index (χ3v) is 7.90. The number of ether oxygens (including phenoxy) is 1. The van der Waals surface area contributed by atoms with Crippen LogP contribution in [0.25, 0.3) is 39.4 Å². The van der Waals surface area contributed by atoms with Gasteiger partial charge in [-0.3, -0.25) is 0 Å². The lowest BCUT2D eigenvalue weighted by atomic mass is 9.97. The molecule has 0 spiro atoms. The Balaban J connectivity index is 1.76. The van der Waals surface area contributed by atoms with Gasteiger partial charge in [0.2, 0.25) is 0 Å². The third-order valence-electron chi connectivity index (χ3n) is 6.55. The van der Waals surface area contributed by atoms with Crippen molar-refractivity contribution in [3.8, 4) is 45.1 Å². The van der Waals surface area contributed by atoms with Gasteiger partial charge in [0.05, 0.1) is 17.2 Å². The van der Waals surface area contributed by atoms with Crippen LogP contribution in [0.3, 0.4) is 0 Å². The number of aryl methyl sites for hydroxylation is 2. The molecule has 0 aliphatic carbocycles. The molecule has 3 aromatic carbocycles. The highest BCUT2D eigenvalue weighted by molar-refractivity contribution is 7.90. The highest BCUT2D eigenvalue weighted by Gasteiger charge is 2.24. The number of oxazole rings is 1. The van der Waals surface area contributed by atoms with Crippen molar-refractivity contribution in [2.75, 3.05) is 6.26 Å². The molecule has 0 aliphatic rings. The maximum Gasteiger partial charge on any atom is 0.387 e. The predicted molar refractivity (Wildman–Crippen MR) is 150 cm³/mol. The molecule has 0 saturated heterocycles. The van der Waals surface area contributed by atoms with Gasteiger partial charge in [-0.05, 0) is 60.5 Å². The van der Waals surface area contributed by atoms with Gasteiger partial charge < -0.3 is 18.8 Å². The number of aliphatic hydroxyl groups excluding tert-OH is 1. The average molecular weight is 636 g/mol. The molecule has 2 aromatic heterocycles. The molecule has 14 heteroatoms. The number of aromatic nitrogens is 3. The van der Waals surface area contributed by atoms with Crippen LogP contribution in [0.2, 0.25) is 5.15 Å². The zero-order chi connectivity index (χ0) is 31.2. The topological polar surface area (TPSA) is 107 Å². The zero-order valence-electron chi connectivity index (χ0n) is 22.7. The lowest BCUT2D eigenvalue weighted by Gasteiger charge is -2.15. The summed E-state index contributed by atoms with van der Waals surface area (Å²) in [5, 5.41) is 9.81. The SMILES string of the molecule is Cc1nc(-c2cc(-c3cc(F)c(CO)c(S(C)(=O)=O)c3)ccc2-n2cc(Cl)nc2C)c(-c2ccc(OC(F)F)c(F)c2)o1. The van der Waals surface area contributed by atoms with Crippen LogP contribution in [-0.2, 0) is 16.4 Å². The molecule has 0 fully saturated rings. The van der Waals surface area contributed by atoms with Crippen LogP contribution < -0.4 is 4.74 Å². The first-order chi connectivity index (χ1) is 20.3. The number of sulfone groups is 1.